The van der Waals surface area contributed by atoms with E-state index in [4.69, 9.17) is 14.5 Å². The maximum atomic E-state index is 12.5. The van der Waals surface area contributed by atoms with Gasteiger partial charge in [0.15, 0.2) is 0 Å². The van der Waals surface area contributed by atoms with Crippen molar-refractivity contribution in [3.63, 3.8) is 0 Å². The molecule has 0 bridgehead atoms. The maximum absolute atomic E-state index is 12.5. The second kappa shape index (κ2) is 12.4. The van der Waals surface area contributed by atoms with Crippen LogP contribution >= 0.6 is 0 Å². The standard InChI is InChI=1S/C31H46O4/c1-23(16-17-27-24(2)13-11-19-30(27,4)5)12-10-20-31(6)21-18-28(34-35-31)25(3)29(32)33-22-26-14-8-7-9-15-26/h7-9,12,14-15,25,28H,10-11,13,16-22H2,1-6H3/t25-,28+,31-/m1/s1. The number of benzene rings is 1. The van der Waals surface area contributed by atoms with Gasteiger partial charge < -0.3 is 4.74 Å². The van der Waals surface area contributed by atoms with E-state index >= 15 is 0 Å². The first-order valence-electron chi connectivity index (χ1n) is 13.5. The minimum Gasteiger partial charge on any atom is -0.461 e. The lowest BCUT2D eigenvalue weighted by Gasteiger charge is -2.37. The normalized spacial score (nSPS) is 25.9. The summed E-state index contributed by atoms with van der Waals surface area (Å²) in [6.07, 6.45) is 11.9. The minimum absolute atomic E-state index is 0.240. The van der Waals surface area contributed by atoms with Crippen LogP contribution < -0.4 is 0 Å². The third kappa shape index (κ3) is 8.05. The molecule has 194 valence electrons. The second-order valence-electron chi connectivity index (χ2n) is 11.7. The summed E-state index contributed by atoms with van der Waals surface area (Å²) in [4.78, 5) is 24.1. The van der Waals surface area contributed by atoms with E-state index in [1.807, 2.05) is 37.3 Å². The van der Waals surface area contributed by atoms with Gasteiger partial charge >= 0.3 is 5.97 Å². The van der Waals surface area contributed by atoms with Gasteiger partial charge in [-0.15, -0.1) is 0 Å². The van der Waals surface area contributed by atoms with Crippen molar-refractivity contribution >= 4 is 5.97 Å². The monoisotopic (exact) mass is 482 g/mol. The smallest absolute Gasteiger partial charge is 0.311 e. The van der Waals surface area contributed by atoms with Gasteiger partial charge in [0.05, 0.1) is 5.92 Å². The molecule has 1 aliphatic heterocycles. The molecule has 1 fully saturated rings. The summed E-state index contributed by atoms with van der Waals surface area (Å²) in [5.74, 6) is -0.594. The van der Waals surface area contributed by atoms with E-state index in [0.717, 1.165) is 37.7 Å². The summed E-state index contributed by atoms with van der Waals surface area (Å²) in [5, 5.41) is 0. The Kier molecular flexibility index (Phi) is 9.77. The topological polar surface area (TPSA) is 44.8 Å². The van der Waals surface area contributed by atoms with E-state index in [0.29, 0.717) is 5.41 Å². The summed E-state index contributed by atoms with van der Waals surface area (Å²) < 4.78 is 5.49. The number of carbonyl (C=O) groups is 1. The predicted octanol–water partition coefficient (Wildman–Crippen LogP) is 8.27. The lowest BCUT2D eigenvalue weighted by Crippen LogP contribution is -2.41. The highest BCUT2D eigenvalue weighted by Crippen LogP contribution is 2.42. The molecule has 1 aromatic carbocycles. The molecule has 4 nitrogen and oxygen atoms in total. The van der Waals surface area contributed by atoms with Crippen LogP contribution in [-0.4, -0.2) is 17.7 Å². The number of hydrogen-bond donors (Lipinski definition) is 0. The molecule has 3 atom stereocenters. The zero-order valence-electron chi connectivity index (χ0n) is 22.8. The van der Waals surface area contributed by atoms with E-state index < -0.39 is 0 Å². The van der Waals surface area contributed by atoms with Crippen molar-refractivity contribution in [2.45, 2.75) is 118 Å². The number of ether oxygens (including phenoxy) is 1. The highest BCUT2D eigenvalue weighted by atomic mass is 17.2. The largest absolute Gasteiger partial charge is 0.461 e. The molecule has 0 saturated carbocycles. The molecule has 4 heteroatoms. The Hall–Kier alpha value is -1.91. The van der Waals surface area contributed by atoms with Crippen molar-refractivity contribution in [2.75, 3.05) is 0 Å². The molecular weight excluding hydrogens is 436 g/mol. The first-order chi connectivity index (χ1) is 16.6. The van der Waals surface area contributed by atoms with E-state index in [9.17, 15) is 4.79 Å². The van der Waals surface area contributed by atoms with Crippen molar-refractivity contribution in [1.82, 2.24) is 0 Å². The number of allylic oxidation sites excluding steroid dienone is 4. The van der Waals surface area contributed by atoms with Crippen molar-refractivity contribution in [3.05, 3.63) is 58.7 Å². The molecule has 0 spiro atoms. The van der Waals surface area contributed by atoms with Crippen LogP contribution in [0.2, 0.25) is 0 Å². The van der Waals surface area contributed by atoms with Gasteiger partial charge in [0.1, 0.15) is 18.3 Å². The molecule has 0 N–H and O–H groups in total. The zero-order valence-corrected chi connectivity index (χ0v) is 22.8. The highest BCUT2D eigenvalue weighted by molar-refractivity contribution is 5.72. The Morgan fingerprint density at radius 3 is 2.60 bits per heavy atom. The first kappa shape index (κ1) is 27.7. The molecule has 2 aliphatic rings. The fourth-order valence-corrected chi connectivity index (χ4v) is 5.50. The van der Waals surface area contributed by atoms with E-state index in [1.54, 1.807) is 11.1 Å². The van der Waals surface area contributed by atoms with Crippen LogP contribution in [0.25, 0.3) is 0 Å². The van der Waals surface area contributed by atoms with Crippen molar-refractivity contribution < 1.29 is 19.3 Å². The molecule has 0 radical (unpaired) electrons. The van der Waals surface area contributed by atoms with Crippen molar-refractivity contribution in [3.8, 4) is 0 Å². The van der Waals surface area contributed by atoms with Gasteiger partial charge in [0.25, 0.3) is 0 Å². The molecule has 0 unspecified atom stereocenters. The molecule has 0 aromatic heterocycles. The lowest BCUT2D eigenvalue weighted by molar-refractivity contribution is -0.411. The minimum atomic E-state index is -0.354. The molecule has 35 heavy (non-hydrogen) atoms. The third-order valence-electron chi connectivity index (χ3n) is 8.10. The Morgan fingerprint density at radius 1 is 1.20 bits per heavy atom. The summed E-state index contributed by atoms with van der Waals surface area (Å²) in [6, 6.07) is 9.74. The first-order valence-corrected chi connectivity index (χ1v) is 13.5. The van der Waals surface area contributed by atoms with Gasteiger partial charge in [-0.3, -0.25) is 4.79 Å². The van der Waals surface area contributed by atoms with Crippen LogP contribution in [0.5, 0.6) is 0 Å². The van der Waals surface area contributed by atoms with Gasteiger partial charge in [-0.05, 0) is 96.5 Å². The average Bonchev–Trinajstić information content (AvgIpc) is 2.82. The van der Waals surface area contributed by atoms with Crippen LogP contribution in [0.4, 0.5) is 0 Å². The van der Waals surface area contributed by atoms with Crippen LogP contribution in [-0.2, 0) is 25.9 Å². The lowest BCUT2D eigenvalue weighted by atomic mass is 9.71. The van der Waals surface area contributed by atoms with Crippen molar-refractivity contribution in [2.24, 2.45) is 11.3 Å². The van der Waals surface area contributed by atoms with Crippen molar-refractivity contribution in [1.29, 1.82) is 0 Å². The van der Waals surface area contributed by atoms with Crippen LogP contribution in [0.3, 0.4) is 0 Å². The average molecular weight is 483 g/mol. The van der Waals surface area contributed by atoms with E-state index in [-0.39, 0.29) is 30.2 Å². The molecule has 1 saturated heterocycles. The number of carbonyl (C=O) groups excluding carboxylic acids is 1. The third-order valence-corrected chi connectivity index (χ3v) is 8.10. The fourth-order valence-electron chi connectivity index (χ4n) is 5.50. The Labute approximate surface area is 213 Å². The number of rotatable bonds is 10. The molecule has 1 aliphatic carbocycles. The van der Waals surface area contributed by atoms with Gasteiger partial charge in [0, 0.05) is 0 Å². The number of hydrogen-bond acceptors (Lipinski definition) is 4. The van der Waals surface area contributed by atoms with Gasteiger partial charge in [-0.25, -0.2) is 9.78 Å². The van der Waals surface area contributed by atoms with Gasteiger partial charge in [0.2, 0.25) is 0 Å². The Morgan fingerprint density at radius 2 is 1.94 bits per heavy atom. The summed E-state index contributed by atoms with van der Waals surface area (Å²) in [6.45, 7) is 13.7. The summed E-state index contributed by atoms with van der Waals surface area (Å²) in [7, 11) is 0. The predicted molar refractivity (Wildman–Crippen MR) is 142 cm³/mol. The van der Waals surface area contributed by atoms with Gasteiger partial charge in [-0.1, -0.05) is 67.0 Å². The van der Waals surface area contributed by atoms with Crippen LogP contribution in [0, 0.1) is 11.3 Å². The molecule has 1 heterocycles. The molecule has 3 rings (SSSR count). The van der Waals surface area contributed by atoms with E-state index in [2.05, 4.69) is 40.7 Å². The molecule has 1 aromatic rings. The zero-order chi connectivity index (χ0) is 25.5. The molecule has 0 amide bonds. The Balaban J connectivity index is 1.39. The van der Waals surface area contributed by atoms with Crippen LogP contribution in [0.15, 0.2) is 53.1 Å². The van der Waals surface area contributed by atoms with Crippen LogP contribution in [0.1, 0.15) is 105 Å². The fraction of sp³-hybridized carbons (Fsp3) is 0.645. The Bertz CT molecular complexity index is 888. The van der Waals surface area contributed by atoms with E-state index in [1.165, 1.54) is 31.3 Å². The summed E-state index contributed by atoms with van der Waals surface area (Å²) in [5.41, 5.74) is 5.77. The highest BCUT2D eigenvalue weighted by Gasteiger charge is 2.38. The quantitative estimate of drug-likeness (QED) is 0.191. The number of esters is 1. The SMILES string of the molecule is CC(=CCC[C@]1(C)CC[C@@H]([C@@H](C)C(=O)OCc2ccccc2)OO1)CCC1=C(C)CCCC1(C)C. The molecular formula is C31H46O4. The summed E-state index contributed by atoms with van der Waals surface area (Å²) >= 11 is 0. The maximum Gasteiger partial charge on any atom is 0.311 e. The second-order valence-corrected chi connectivity index (χ2v) is 11.7. The van der Waals surface area contributed by atoms with Gasteiger partial charge in [-0.2, -0.15) is 0 Å².